The summed E-state index contributed by atoms with van der Waals surface area (Å²) in [5.74, 6) is 3.87. The monoisotopic (exact) mass is 298 g/mol. The zero-order chi connectivity index (χ0) is 15.2. The Morgan fingerprint density at radius 3 is 2.45 bits per heavy atom. The predicted octanol–water partition coefficient (Wildman–Crippen LogP) is 4.90. The molecule has 0 radical (unpaired) electrons. The fraction of sp³-hybridized carbons (Fsp3) is 0.600. The molecule has 0 spiro atoms. The molecule has 3 atom stereocenters. The minimum atomic E-state index is -0.179. The van der Waals surface area contributed by atoms with Crippen LogP contribution in [0.15, 0.2) is 30.8 Å². The van der Waals surface area contributed by atoms with Gasteiger partial charge in [-0.1, -0.05) is 24.8 Å². The van der Waals surface area contributed by atoms with E-state index in [1.54, 1.807) is 0 Å². The van der Waals surface area contributed by atoms with Crippen LogP contribution in [0.2, 0.25) is 0 Å². The van der Waals surface area contributed by atoms with Gasteiger partial charge in [-0.15, -0.1) is 0 Å². The van der Waals surface area contributed by atoms with Crippen LogP contribution in [0.25, 0.3) is 6.08 Å². The minimum absolute atomic E-state index is 0.179. The second kappa shape index (κ2) is 5.42. The lowest BCUT2D eigenvalue weighted by atomic mass is 9.70. The van der Waals surface area contributed by atoms with Crippen LogP contribution in [-0.2, 0) is 4.74 Å². The van der Waals surface area contributed by atoms with Gasteiger partial charge in [0.2, 0.25) is 0 Å². The Morgan fingerprint density at radius 1 is 1.18 bits per heavy atom. The van der Waals surface area contributed by atoms with Crippen molar-refractivity contribution in [1.82, 2.24) is 0 Å². The summed E-state index contributed by atoms with van der Waals surface area (Å²) < 4.78 is 12.0. The van der Waals surface area contributed by atoms with Gasteiger partial charge in [-0.25, -0.2) is 0 Å². The largest absolute Gasteiger partial charge is 0.465 e. The van der Waals surface area contributed by atoms with Gasteiger partial charge in [0.15, 0.2) is 6.29 Å². The van der Waals surface area contributed by atoms with Crippen molar-refractivity contribution in [1.29, 1.82) is 0 Å². The molecule has 2 nitrogen and oxygen atoms in total. The quantitative estimate of drug-likeness (QED) is 0.696. The summed E-state index contributed by atoms with van der Waals surface area (Å²) in [5, 5.41) is 0. The molecule has 4 aliphatic carbocycles. The molecule has 4 aliphatic rings. The lowest BCUT2D eigenvalue weighted by Gasteiger charge is -2.38. The van der Waals surface area contributed by atoms with Gasteiger partial charge in [-0.05, 0) is 79.9 Å². The van der Waals surface area contributed by atoms with Crippen LogP contribution in [0.3, 0.4) is 0 Å². The highest BCUT2D eigenvalue weighted by Gasteiger charge is 2.55. The topological polar surface area (TPSA) is 18.5 Å². The first-order valence-corrected chi connectivity index (χ1v) is 8.67. The first kappa shape index (κ1) is 14.3. The third-order valence-corrected chi connectivity index (χ3v) is 6.09. The Labute approximate surface area is 133 Å². The average molecular weight is 298 g/mol. The summed E-state index contributed by atoms with van der Waals surface area (Å²) >= 11 is 0. The van der Waals surface area contributed by atoms with E-state index in [1.807, 2.05) is 37.3 Å². The molecule has 1 aromatic carbocycles. The molecule has 5 rings (SSSR count). The van der Waals surface area contributed by atoms with Crippen LogP contribution in [0.4, 0.5) is 0 Å². The second-order valence-electron chi connectivity index (χ2n) is 7.74. The third-order valence-electron chi connectivity index (χ3n) is 6.09. The van der Waals surface area contributed by atoms with Crippen molar-refractivity contribution in [2.75, 3.05) is 6.61 Å². The average Bonchev–Trinajstić information content (AvgIpc) is 2.93. The van der Waals surface area contributed by atoms with Gasteiger partial charge in [0.1, 0.15) is 5.75 Å². The summed E-state index contributed by atoms with van der Waals surface area (Å²) in [6, 6.07) is 8.00. The van der Waals surface area contributed by atoms with Crippen LogP contribution >= 0.6 is 0 Å². The number of hydrogen-bond acceptors (Lipinski definition) is 2. The van der Waals surface area contributed by atoms with Crippen molar-refractivity contribution in [2.24, 2.45) is 23.2 Å². The summed E-state index contributed by atoms with van der Waals surface area (Å²) in [5.41, 5.74) is 1.58. The molecule has 0 saturated heterocycles. The molecular weight excluding hydrogens is 272 g/mol. The van der Waals surface area contributed by atoms with Crippen molar-refractivity contribution < 1.29 is 9.47 Å². The highest BCUT2D eigenvalue weighted by molar-refractivity contribution is 5.48. The van der Waals surface area contributed by atoms with Crippen LogP contribution in [0.1, 0.15) is 44.6 Å². The molecule has 0 N–H and O–H groups in total. The van der Waals surface area contributed by atoms with Gasteiger partial charge in [0.25, 0.3) is 0 Å². The Bertz CT molecular complexity index is 528. The first-order valence-electron chi connectivity index (χ1n) is 8.67. The molecule has 4 fully saturated rings. The molecule has 3 unspecified atom stereocenters. The van der Waals surface area contributed by atoms with E-state index in [9.17, 15) is 0 Å². The summed E-state index contributed by atoms with van der Waals surface area (Å²) in [6.07, 6.45) is 8.84. The highest BCUT2D eigenvalue weighted by atomic mass is 16.7. The molecular formula is C20H26O2. The van der Waals surface area contributed by atoms with Crippen molar-refractivity contribution in [3.8, 4) is 5.75 Å². The van der Waals surface area contributed by atoms with Crippen LogP contribution < -0.4 is 4.74 Å². The normalized spacial score (nSPS) is 36.5. The lowest BCUT2D eigenvalue weighted by Crippen LogP contribution is -2.34. The molecule has 0 heterocycles. The number of rotatable bonds is 6. The maximum Gasteiger partial charge on any atom is 0.196 e. The Balaban J connectivity index is 1.31. The smallest absolute Gasteiger partial charge is 0.196 e. The van der Waals surface area contributed by atoms with E-state index in [2.05, 4.69) is 6.58 Å². The summed E-state index contributed by atoms with van der Waals surface area (Å²) in [4.78, 5) is 0. The Morgan fingerprint density at radius 2 is 1.86 bits per heavy atom. The SMILES string of the molecule is C=Cc1ccc(OC(C)OCC23CC4CC(C2)C(C4)C3)cc1. The fourth-order valence-corrected chi connectivity index (χ4v) is 5.36. The van der Waals surface area contributed by atoms with Crippen LogP contribution in [0, 0.1) is 23.2 Å². The molecule has 2 heteroatoms. The van der Waals surface area contributed by atoms with Gasteiger partial charge in [-0.2, -0.15) is 0 Å². The zero-order valence-corrected chi connectivity index (χ0v) is 13.5. The highest BCUT2D eigenvalue weighted by Crippen LogP contribution is 2.64. The zero-order valence-electron chi connectivity index (χ0n) is 13.5. The van der Waals surface area contributed by atoms with Crippen LogP contribution in [0.5, 0.6) is 5.75 Å². The van der Waals surface area contributed by atoms with Gasteiger partial charge in [0, 0.05) is 0 Å². The van der Waals surface area contributed by atoms with E-state index in [0.717, 1.165) is 35.7 Å². The van der Waals surface area contributed by atoms with E-state index in [0.29, 0.717) is 5.41 Å². The predicted molar refractivity (Wildman–Crippen MR) is 88.6 cm³/mol. The van der Waals surface area contributed by atoms with Crippen molar-refractivity contribution >= 4 is 6.08 Å². The van der Waals surface area contributed by atoms with Crippen molar-refractivity contribution in [3.63, 3.8) is 0 Å². The molecule has 0 aliphatic heterocycles. The lowest BCUT2D eigenvalue weighted by molar-refractivity contribution is -0.108. The van der Waals surface area contributed by atoms with E-state index in [4.69, 9.17) is 9.47 Å². The third kappa shape index (κ3) is 2.58. The fourth-order valence-electron chi connectivity index (χ4n) is 5.36. The second-order valence-corrected chi connectivity index (χ2v) is 7.74. The summed E-state index contributed by atoms with van der Waals surface area (Å²) in [7, 11) is 0. The molecule has 4 saturated carbocycles. The number of hydrogen-bond donors (Lipinski definition) is 0. The summed E-state index contributed by atoms with van der Waals surface area (Å²) in [6.45, 7) is 6.65. The van der Waals surface area contributed by atoms with Gasteiger partial charge < -0.3 is 9.47 Å². The van der Waals surface area contributed by atoms with Crippen molar-refractivity contribution in [2.45, 2.75) is 45.3 Å². The Kier molecular flexibility index (Phi) is 3.53. The maximum atomic E-state index is 6.09. The van der Waals surface area contributed by atoms with E-state index in [1.165, 1.54) is 32.1 Å². The molecule has 0 aromatic heterocycles. The van der Waals surface area contributed by atoms with E-state index < -0.39 is 0 Å². The molecule has 0 amide bonds. The minimum Gasteiger partial charge on any atom is -0.465 e. The van der Waals surface area contributed by atoms with Gasteiger partial charge in [-0.3, -0.25) is 0 Å². The van der Waals surface area contributed by atoms with Gasteiger partial charge in [0.05, 0.1) is 6.61 Å². The maximum absolute atomic E-state index is 6.09. The Hall–Kier alpha value is -1.28. The van der Waals surface area contributed by atoms with E-state index >= 15 is 0 Å². The number of ether oxygens (including phenoxy) is 2. The first-order chi connectivity index (χ1) is 10.7. The molecule has 1 aromatic rings. The molecule has 4 bridgehead atoms. The van der Waals surface area contributed by atoms with Crippen molar-refractivity contribution in [3.05, 3.63) is 36.4 Å². The van der Waals surface area contributed by atoms with E-state index in [-0.39, 0.29) is 6.29 Å². The molecule has 118 valence electrons. The van der Waals surface area contributed by atoms with Crippen LogP contribution in [-0.4, -0.2) is 12.9 Å². The number of benzene rings is 1. The molecule has 22 heavy (non-hydrogen) atoms. The standard InChI is InChI=1S/C20H26O2/c1-3-15-4-6-19(7-5-15)22-14(2)21-13-20-10-16-8-17(11-20)18(9-16)12-20/h3-7,14,16-18H,1,8-13H2,2H3. The van der Waals surface area contributed by atoms with Gasteiger partial charge >= 0.3 is 0 Å².